The molecule has 0 fully saturated rings. The summed E-state index contributed by atoms with van der Waals surface area (Å²) in [6.07, 6.45) is 2.60. The molecule has 0 radical (unpaired) electrons. The van der Waals surface area contributed by atoms with Crippen LogP contribution in [0, 0.1) is 0 Å². The second-order valence-electron chi connectivity index (χ2n) is 3.86. The van der Waals surface area contributed by atoms with Gasteiger partial charge in [-0.05, 0) is 26.3 Å². The summed E-state index contributed by atoms with van der Waals surface area (Å²) in [4.78, 5) is 10.9. The highest BCUT2D eigenvalue weighted by molar-refractivity contribution is 5.76. The van der Waals surface area contributed by atoms with Crippen LogP contribution in [0.4, 0.5) is 0 Å². The van der Waals surface area contributed by atoms with Crippen molar-refractivity contribution in [1.82, 2.24) is 5.32 Å². The molecule has 0 bridgehead atoms. The zero-order valence-corrected chi connectivity index (χ0v) is 8.97. The van der Waals surface area contributed by atoms with Crippen molar-refractivity contribution in [3.8, 4) is 0 Å². The van der Waals surface area contributed by atoms with E-state index in [0.29, 0.717) is 25.0 Å². The predicted octanol–water partition coefficient (Wildman–Crippen LogP) is 1.07. The molecule has 0 saturated carbocycles. The van der Waals surface area contributed by atoms with E-state index >= 15 is 0 Å². The molecule has 3 N–H and O–H groups in total. The van der Waals surface area contributed by atoms with Crippen LogP contribution in [0.25, 0.3) is 0 Å². The minimum Gasteiger partial charge on any atom is -0.330 e. The number of ketones is 1. The van der Waals surface area contributed by atoms with Gasteiger partial charge in [0, 0.05) is 18.5 Å². The van der Waals surface area contributed by atoms with Crippen molar-refractivity contribution in [2.75, 3.05) is 6.54 Å². The van der Waals surface area contributed by atoms with Crippen molar-refractivity contribution in [3.63, 3.8) is 0 Å². The fraction of sp³-hybridized carbons (Fsp3) is 0.900. The Kier molecular flexibility index (Phi) is 6.82. The Bertz CT molecular complexity index is 146. The van der Waals surface area contributed by atoms with Crippen molar-refractivity contribution in [3.05, 3.63) is 0 Å². The van der Waals surface area contributed by atoms with Crippen molar-refractivity contribution in [2.24, 2.45) is 5.73 Å². The van der Waals surface area contributed by atoms with Crippen LogP contribution in [-0.4, -0.2) is 24.4 Å². The van der Waals surface area contributed by atoms with Gasteiger partial charge in [0.05, 0.1) is 0 Å². The van der Waals surface area contributed by atoms with Gasteiger partial charge < -0.3 is 11.1 Å². The van der Waals surface area contributed by atoms with Crippen LogP contribution < -0.4 is 11.1 Å². The van der Waals surface area contributed by atoms with E-state index < -0.39 is 0 Å². The Balaban J connectivity index is 3.80. The van der Waals surface area contributed by atoms with E-state index in [-0.39, 0.29) is 5.78 Å². The average Bonchev–Trinajstić information content (AvgIpc) is 1.98. The normalized spacial score (nSPS) is 13.3. The van der Waals surface area contributed by atoms with Crippen molar-refractivity contribution in [1.29, 1.82) is 0 Å². The molecule has 1 atom stereocenters. The lowest BCUT2D eigenvalue weighted by Gasteiger charge is -2.19. The van der Waals surface area contributed by atoms with E-state index in [9.17, 15) is 4.79 Å². The summed E-state index contributed by atoms with van der Waals surface area (Å²) in [6.45, 7) is 6.52. The number of nitrogens with two attached hydrogens (primary N) is 1. The topological polar surface area (TPSA) is 55.1 Å². The first-order valence-corrected chi connectivity index (χ1v) is 5.01. The SMILES string of the molecule is CC(=O)CC(CCCN)NC(C)C. The van der Waals surface area contributed by atoms with Crippen molar-refractivity contribution in [2.45, 2.75) is 52.1 Å². The third-order valence-corrected chi connectivity index (χ3v) is 1.86. The number of hydrogen-bond acceptors (Lipinski definition) is 3. The molecule has 0 aliphatic rings. The molecule has 1 unspecified atom stereocenters. The number of nitrogens with one attached hydrogen (secondary N) is 1. The van der Waals surface area contributed by atoms with Gasteiger partial charge in [-0.3, -0.25) is 4.79 Å². The monoisotopic (exact) mass is 186 g/mol. The van der Waals surface area contributed by atoms with E-state index in [4.69, 9.17) is 5.73 Å². The molecule has 0 rings (SSSR count). The lowest BCUT2D eigenvalue weighted by molar-refractivity contribution is -0.117. The van der Waals surface area contributed by atoms with E-state index in [1.807, 2.05) is 0 Å². The summed E-state index contributed by atoms with van der Waals surface area (Å²) in [7, 11) is 0. The predicted molar refractivity (Wildman–Crippen MR) is 55.6 cm³/mol. The van der Waals surface area contributed by atoms with Gasteiger partial charge in [0.25, 0.3) is 0 Å². The summed E-state index contributed by atoms with van der Waals surface area (Å²) in [5.41, 5.74) is 5.43. The molecule has 0 aromatic carbocycles. The average molecular weight is 186 g/mol. The molecule has 0 aromatic heterocycles. The van der Waals surface area contributed by atoms with Crippen molar-refractivity contribution >= 4 is 5.78 Å². The van der Waals surface area contributed by atoms with Gasteiger partial charge in [0.15, 0.2) is 0 Å². The molecule has 0 amide bonds. The quantitative estimate of drug-likeness (QED) is 0.625. The Morgan fingerprint density at radius 1 is 1.46 bits per heavy atom. The molecule has 0 saturated heterocycles. The summed E-state index contributed by atoms with van der Waals surface area (Å²) < 4.78 is 0. The maximum atomic E-state index is 10.9. The molecular weight excluding hydrogens is 164 g/mol. The number of rotatable bonds is 7. The van der Waals surface area contributed by atoms with Gasteiger partial charge in [0.1, 0.15) is 5.78 Å². The van der Waals surface area contributed by atoms with Gasteiger partial charge in [-0.2, -0.15) is 0 Å². The first kappa shape index (κ1) is 12.6. The molecule has 13 heavy (non-hydrogen) atoms. The molecule has 3 nitrogen and oxygen atoms in total. The van der Waals surface area contributed by atoms with Crippen LogP contribution in [0.15, 0.2) is 0 Å². The van der Waals surface area contributed by atoms with Gasteiger partial charge in [-0.1, -0.05) is 13.8 Å². The fourth-order valence-electron chi connectivity index (χ4n) is 1.43. The first-order valence-electron chi connectivity index (χ1n) is 5.01. The zero-order valence-electron chi connectivity index (χ0n) is 8.97. The third kappa shape index (κ3) is 7.94. The summed E-state index contributed by atoms with van der Waals surface area (Å²) in [6, 6.07) is 0.739. The minimum absolute atomic E-state index is 0.246. The van der Waals surface area contributed by atoms with E-state index in [2.05, 4.69) is 19.2 Å². The largest absolute Gasteiger partial charge is 0.330 e. The van der Waals surface area contributed by atoms with Gasteiger partial charge in [-0.25, -0.2) is 0 Å². The Hall–Kier alpha value is -0.410. The highest BCUT2D eigenvalue weighted by Crippen LogP contribution is 2.03. The summed E-state index contributed by atoms with van der Waals surface area (Å²) >= 11 is 0. The molecule has 3 heteroatoms. The van der Waals surface area contributed by atoms with Gasteiger partial charge in [0.2, 0.25) is 0 Å². The Labute approximate surface area is 81.1 Å². The smallest absolute Gasteiger partial charge is 0.131 e. The lowest BCUT2D eigenvalue weighted by Crippen LogP contribution is -2.36. The number of carbonyl (C=O) groups excluding carboxylic acids is 1. The fourth-order valence-corrected chi connectivity index (χ4v) is 1.43. The number of carbonyl (C=O) groups is 1. The maximum Gasteiger partial charge on any atom is 0.131 e. The highest BCUT2D eigenvalue weighted by atomic mass is 16.1. The standard InChI is InChI=1S/C10H22N2O/c1-8(2)12-10(5-4-6-11)7-9(3)13/h8,10,12H,4-7,11H2,1-3H3. The molecule has 0 aromatic rings. The first-order chi connectivity index (χ1) is 6.06. The number of Topliss-reactive ketones (excluding diaryl/α,β-unsaturated/α-hetero) is 1. The molecule has 78 valence electrons. The van der Waals surface area contributed by atoms with Crippen LogP contribution in [0.1, 0.15) is 40.0 Å². The molecule has 0 heterocycles. The molecular formula is C10H22N2O. The lowest BCUT2D eigenvalue weighted by atomic mass is 10.0. The Morgan fingerprint density at radius 3 is 2.46 bits per heavy atom. The van der Waals surface area contributed by atoms with E-state index in [0.717, 1.165) is 12.8 Å². The van der Waals surface area contributed by atoms with Crippen LogP contribution in [-0.2, 0) is 4.79 Å². The van der Waals surface area contributed by atoms with E-state index in [1.54, 1.807) is 6.92 Å². The van der Waals surface area contributed by atoms with Gasteiger partial charge >= 0.3 is 0 Å². The van der Waals surface area contributed by atoms with Crippen molar-refractivity contribution < 1.29 is 4.79 Å². The second kappa shape index (κ2) is 7.04. The third-order valence-electron chi connectivity index (χ3n) is 1.86. The highest BCUT2D eigenvalue weighted by Gasteiger charge is 2.11. The Morgan fingerprint density at radius 2 is 2.08 bits per heavy atom. The molecule has 0 spiro atoms. The van der Waals surface area contributed by atoms with Crippen LogP contribution in [0.5, 0.6) is 0 Å². The maximum absolute atomic E-state index is 10.9. The van der Waals surface area contributed by atoms with Crippen LogP contribution in [0.3, 0.4) is 0 Å². The molecule has 0 aliphatic carbocycles. The van der Waals surface area contributed by atoms with Crippen LogP contribution >= 0.6 is 0 Å². The summed E-state index contributed by atoms with van der Waals surface area (Å²) in [5, 5.41) is 3.37. The minimum atomic E-state index is 0.246. The van der Waals surface area contributed by atoms with Gasteiger partial charge in [-0.15, -0.1) is 0 Å². The molecule has 0 aliphatic heterocycles. The van der Waals surface area contributed by atoms with E-state index in [1.165, 1.54) is 0 Å². The summed E-state index contributed by atoms with van der Waals surface area (Å²) in [5.74, 6) is 0.246. The number of hydrogen-bond donors (Lipinski definition) is 2. The zero-order chi connectivity index (χ0) is 10.3. The second-order valence-corrected chi connectivity index (χ2v) is 3.86. The van der Waals surface area contributed by atoms with Crippen LogP contribution in [0.2, 0.25) is 0 Å².